The fourth-order valence-corrected chi connectivity index (χ4v) is 3.21. The van der Waals surface area contributed by atoms with Gasteiger partial charge < -0.3 is 10.2 Å². The van der Waals surface area contributed by atoms with Crippen molar-refractivity contribution in [2.75, 3.05) is 19.6 Å². The molecule has 1 aromatic rings. The molecule has 0 aliphatic carbocycles. The minimum absolute atomic E-state index is 0.125. The summed E-state index contributed by atoms with van der Waals surface area (Å²) in [6, 6.07) is 4.04. The molecule has 0 radical (unpaired) electrons. The minimum Gasteiger partial charge on any atom is -0.340 e. The molecule has 0 aromatic heterocycles. The third-order valence-corrected chi connectivity index (χ3v) is 4.34. The van der Waals surface area contributed by atoms with Crippen molar-refractivity contribution >= 4 is 5.91 Å². The van der Waals surface area contributed by atoms with E-state index in [1.54, 1.807) is 4.90 Å². The maximum atomic E-state index is 13.6. The molecular weight excluding hydrogens is 262 g/mol. The van der Waals surface area contributed by atoms with Gasteiger partial charge in [-0.2, -0.15) is 0 Å². The molecule has 2 aliphatic rings. The molecule has 1 amide bonds. The van der Waals surface area contributed by atoms with Crippen LogP contribution >= 0.6 is 0 Å². The Kier molecular flexibility index (Phi) is 3.70. The van der Waals surface area contributed by atoms with E-state index in [0.717, 1.165) is 19.4 Å². The van der Waals surface area contributed by atoms with E-state index >= 15 is 0 Å². The molecule has 20 heavy (non-hydrogen) atoms. The van der Waals surface area contributed by atoms with Crippen molar-refractivity contribution in [1.29, 1.82) is 0 Å². The van der Waals surface area contributed by atoms with E-state index in [1.165, 1.54) is 18.2 Å². The first-order chi connectivity index (χ1) is 9.65. The second-order valence-electron chi connectivity index (χ2n) is 5.64. The summed E-state index contributed by atoms with van der Waals surface area (Å²) >= 11 is 0. The minimum atomic E-state index is -0.645. The van der Waals surface area contributed by atoms with Crippen LogP contribution in [0.1, 0.15) is 18.4 Å². The van der Waals surface area contributed by atoms with E-state index < -0.39 is 11.6 Å². The van der Waals surface area contributed by atoms with Gasteiger partial charge in [-0.1, -0.05) is 6.07 Å². The third-order valence-electron chi connectivity index (χ3n) is 4.34. The number of hydrogen-bond donors (Lipinski definition) is 1. The SMILES string of the molecule is O=C(Cc1c(F)cccc1F)N1C[C@@H]2CCCN[C@@H]2C1. The highest BCUT2D eigenvalue weighted by atomic mass is 19.1. The molecule has 1 aromatic carbocycles. The number of carbonyl (C=O) groups excluding carboxylic acids is 1. The van der Waals surface area contributed by atoms with E-state index in [4.69, 9.17) is 0 Å². The van der Waals surface area contributed by atoms with Gasteiger partial charge in [0.2, 0.25) is 5.91 Å². The molecule has 2 atom stereocenters. The number of nitrogens with zero attached hydrogens (tertiary/aromatic N) is 1. The molecule has 0 bridgehead atoms. The molecule has 0 spiro atoms. The van der Waals surface area contributed by atoms with Crippen LogP contribution in [0, 0.1) is 17.6 Å². The molecule has 0 unspecified atom stereocenters. The van der Waals surface area contributed by atoms with E-state index in [0.29, 0.717) is 25.0 Å². The number of fused-ring (bicyclic) bond motifs is 1. The average molecular weight is 280 g/mol. The molecular formula is C15H18F2N2O. The van der Waals surface area contributed by atoms with Crippen molar-refractivity contribution in [3.63, 3.8) is 0 Å². The van der Waals surface area contributed by atoms with Crippen LogP contribution in [0.2, 0.25) is 0 Å². The van der Waals surface area contributed by atoms with Gasteiger partial charge in [0.05, 0.1) is 6.42 Å². The highest BCUT2D eigenvalue weighted by molar-refractivity contribution is 5.79. The Hall–Kier alpha value is -1.49. The van der Waals surface area contributed by atoms with Gasteiger partial charge in [0.1, 0.15) is 11.6 Å². The Morgan fingerprint density at radius 2 is 2.05 bits per heavy atom. The van der Waals surface area contributed by atoms with Crippen LogP contribution in [0.3, 0.4) is 0 Å². The van der Waals surface area contributed by atoms with Crippen molar-refractivity contribution in [3.05, 3.63) is 35.4 Å². The van der Waals surface area contributed by atoms with Crippen molar-refractivity contribution in [2.24, 2.45) is 5.92 Å². The number of nitrogens with one attached hydrogen (secondary N) is 1. The number of rotatable bonds is 2. The van der Waals surface area contributed by atoms with Crippen LogP contribution in [0.5, 0.6) is 0 Å². The number of benzene rings is 1. The smallest absolute Gasteiger partial charge is 0.227 e. The van der Waals surface area contributed by atoms with E-state index in [1.807, 2.05) is 0 Å². The van der Waals surface area contributed by atoms with Gasteiger partial charge in [-0.05, 0) is 37.4 Å². The number of piperidine rings is 1. The maximum absolute atomic E-state index is 13.6. The Bertz CT molecular complexity index is 486. The summed E-state index contributed by atoms with van der Waals surface area (Å²) in [6.45, 7) is 2.34. The third kappa shape index (κ3) is 2.54. The normalized spacial score (nSPS) is 25.6. The summed E-state index contributed by atoms with van der Waals surface area (Å²) in [5, 5.41) is 3.41. The van der Waals surface area contributed by atoms with Gasteiger partial charge in [0.15, 0.2) is 0 Å². The molecule has 2 heterocycles. The highest BCUT2D eigenvalue weighted by Gasteiger charge is 2.36. The predicted molar refractivity (Wildman–Crippen MR) is 71.2 cm³/mol. The highest BCUT2D eigenvalue weighted by Crippen LogP contribution is 2.25. The van der Waals surface area contributed by atoms with Crippen molar-refractivity contribution in [2.45, 2.75) is 25.3 Å². The van der Waals surface area contributed by atoms with Gasteiger partial charge in [-0.3, -0.25) is 4.79 Å². The van der Waals surface area contributed by atoms with Crippen LogP contribution in [0.15, 0.2) is 18.2 Å². The van der Waals surface area contributed by atoms with Gasteiger partial charge in [0.25, 0.3) is 0 Å². The monoisotopic (exact) mass is 280 g/mol. The lowest BCUT2D eigenvalue weighted by atomic mass is 9.94. The first-order valence-corrected chi connectivity index (χ1v) is 7.09. The fraction of sp³-hybridized carbons (Fsp3) is 0.533. The van der Waals surface area contributed by atoms with Crippen LogP contribution in [-0.4, -0.2) is 36.5 Å². The van der Waals surface area contributed by atoms with Gasteiger partial charge in [0, 0.05) is 24.7 Å². The molecule has 3 rings (SSSR count). The average Bonchev–Trinajstić information content (AvgIpc) is 2.87. The summed E-state index contributed by atoms with van der Waals surface area (Å²) in [7, 11) is 0. The lowest BCUT2D eigenvalue weighted by Crippen LogP contribution is -2.41. The summed E-state index contributed by atoms with van der Waals surface area (Å²) in [5.74, 6) is -0.996. The van der Waals surface area contributed by atoms with Crippen molar-refractivity contribution in [1.82, 2.24) is 10.2 Å². The first-order valence-electron chi connectivity index (χ1n) is 7.09. The second kappa shape index (κ2) is 5.48. The van der Waals surface area contributed by atoms with Crippen LogP contribution < -0.4 is 5.32 Å². The number of hydrogen-bond acceptors (Lipinski definition) is 2. The van der Waals surface area contributed by atoms with E-state index in [2.05, 4.69) is 5.32 Å². The van der Waals surface area contributed by atoms with Gasteiger partial charge in [-0.25, -0.2) is 8.78 Å². The summed E-state index contributed by atoms with van der Waals surface area (Å²) in [6.07, 6.45) is 2.05. The Morgan fingerprint density at radius 1 is 1.30 bits per heavy atom. The lowest BCUT2D eigenvalue weighted by molar-refractivity contribution is -0.129. The van der Waals surface area contributed by atoms with Crippen molar-refractivity contribution in [3.8, 4) is 0 Å². The van der Waals surface area contributed by atoms with Gasteiger partial charge >= 0.3 is 0 Å². The molecule has 1 N–H and O–H groups in total. The molecule has 2 aliphatic heterocycles. The summed E-state index contributed by atoms with van der Waals surface area (Å²) in [5.41, 5.74) is -0.125. The van der Waals surface area contributed by atoms with Crippen LogP contribution in [0.4, 0.5) is 8.78 Å². The number of halogens is 2. The maximum Gasteiger partial charge on any atom is 0.227 e. The van der Waals surface area contributed by atoms with Crippen molar-refractivity contribution < 1.29 is 13.6 Å². The lowest BCUT2D eigenvalue weighted by Gasteiger charge is -2.24. The predicted octanol–water partition coefficient (Wildman–Crippen LogP) is 1.72. The summed E-state index contributed by atoms with van der Waals surface area (Å²) in [4.78, 5) is 14.0. The quantitative estimate of drug-likeness (QED) is 0.894. The number of carbonyl (C=O) groups is 1. The Labute approximate surface area is 117 Å². The number of likely N-dealkylation sites (tertiary alicyclic amines) is 1. The molecule has 108 valence electrons. The second-order valence-corrected chi connectivity index (χ2v) is 5.64. The first kappa shape index (κ1) is 13.5. The number of amides is 1. The molecule has 2 saturated heterocycles. The Balaban J connectivity index is 1.68. The summed E-state index contributed by atoms with van der Waals surface area (Å²) < 4.78 is 27.1. The molecule has 0 saturated carbocycles. The largest absolute Gasteiger partial charge is 0.340 e. The fourth-order valence-electron chi connectivity index (χ4n) is 3.21. The molecule has 3 nitrogen and oxygen atoms in total. The molecule has 2 fully saturated rings. The van der Waals surface area contributed by atoms with E-state index in [-0.39, 0.29) is 17.9 Å². The molecule has 5 heteroatoms. The zero-order valence-electron chi connectivity index (χ0n) is 11.2. The zero-order valence-corrected chi connectivity index (χ0v) is 11.2. The zero-order chi connectivity index (χ0) is 14.1. The van der Waals surface area contributed by atoms with Gasteiger partial charge in [-0.15, -0.1) is 0 Å². The van der Waals surface area contributed by atoms with Crippen LogP contribution in [-0.2, 0) is 11.2 Å². The standard InChI is InChI=1S/C15H18F2N2O/c16-12-4-1-5-13(17)11(12)7-15(20)19-8-10-3-2-6-18-14(10)9-19/h1,4-5,10,14,18H,2-3,6-9H2/t10-,14+/m0/s1. The topological polar surface area (TPSA) is 32.3 Å². The van der Waals surface area contributed by atoms with E-state index in [9.17, 15) is 13.6 Å². The Morgan fingerprint density at radius 3 is 2.75 bits per heavy atom. The van der Waals surface area contributed by atoms with Crippen LogP contribution in [0.25, 0.3) is 0 Å².